The normalized spacial score (nSPS) is 21.2. The topological polar surface area (TPSA) is 17.1 Å². The van der Waals surface area contributed by atoms with Gasteiger partial charge in [-0.25, -0.2) is 0 Å². The molecule has 0 spiro atoms. The van der Waals surface area contributed by atoms with Crippen molar-refractivity contribution in [3.63, 3.8) is 0 Å². The van der Waals surface area contributed by atoms with Crippen LogP contribution in [0, 0.1) is 5.92 Å². The van der Waals surface area contributed by atoms with Crippen LogP contribution in [0.5, 0.6) is 0 Å². The van der Waals surface area contributed by atoms with Crippen LogP contribution in [0.2, 0.25) is 0 Å². The number of halogens is 1. The van der Waals surface area contributed by atoms with E-state index in [1.165, 1.54) is 5.56 Å². The molecule has 1 aliphatic carbocycles. The van der Waals surface area contributed by atoms with Crippen molar-refractivity contribution >= 4 is 21.7 Å². The first-order chi connectivity index (χ1) is 5.68. The van der Waals surface area contributed by atoms with E-state index >= 15 is 0 Å². The molecule has 0 saturated heterocycles. The molecule has 62 valence electrons. The summed E-state index contributed by atoms with van der Waals surface area (Å²) in [5.41, 5.74) is 2.09. The molecule has 1 nitrogen and oxygen atoms in total. The standard InChI is InChI=1S/C10H9BrO/c1-6-4-7-2-3-8(11)5-9(7)10(6)12/h2-3,5-6H,4H2,1H3/t6-/m1/s1. The Balaban J connectivity index is 2.56. The average molecular weight is 225 g/mol. The molecular formula is C10H9BrO. The van der Waals surface area contributed by atoms with Gasteiger partial charge in [0, 0.05) is 16.0 Å². The van der Waals surface area contributed by atoms with Crippen LogP contribution in [0.15, 0.2) is 22.7 Å². The molecule has 1 atom stereocenters. The summed E-state index contributed by atoms with van der Waals surface area (Å²) >= 11 is 3.36. The summed E-state index contributed by atoms with van der Waals surface area (Å²) in [6.07, 6.45) is 0.904. The summed E-state index contributed by atoms with van der Waals surface area (Å²) in [5, 5.41) is 0. The number of fused-ring (bicyclic) bond motifs is 1. The highest BCUT2D eigenvalue weighted by Crippen LogP contribution is 2.28. The zero-order chi connectivity index (χ0) is 8.72. The van der Waals surface area contributed by atoms with Gasteiger partial charge in [-0.15, -0.1) is 0 Å². The molecule has 0 fully saturated rings. The molecule has 12 heavy (non-hydrogen) atoms. The van der Waals surface area contributed by atoms with Gasteiger partial charge in [0.2, 0.25) is 0 Å². The molecule has 2 heteroatoms. The molecule has 0 aromatic heterocycles. The number of carbonyl (C=O) groups is 1. The van der Waals surface area contributed by atoms with Crippen molar-refractivity contribution in [1.82, 2.24) is 0 Å². The highest BCUT2D eigenvalue weighted by molar-refractivity contribution is 9.10. The van der Waals surface area contributed by atoms with E-state index in [2.05, 4.69) is 15.9 Å². The lowest BCUT2D eigenvalue weighted by Crippen LogP contribution is -2.02. The highest BCUT2D eigenvalue weighted by atomic mass is 79.9. The lowest BCUT2D eigenvalue weighted by Gasteiger charge is -1.96. The summed E-state index contributed by atoms with van der Waals surface area (Å²) in [5.74, 6) is 0.459. The van der Waals surface area contributed by atoms with Gasteiger partial charge >= 0.3 is 0 Å². The lowest BCUT2D eigenvalue weighted by molar-refractivity contribution is 0.0946. The van der Waals surface area contributed by atoms with Crippen LogP contribution in [-0.4, -0.2) is 5.78 Å². The second-order valence-electron chi connectivity index (χ2n) is 3.27. The summed E-state index contributed by atoms with van der Waals surface area (Å²) in [4.78, 5) is 11.5. The molecule has 1 aromatic carbocycles. The van der Waals surface area contributed by atoms with Crippen molar-refractivity contribution in [2.75, 3.05) is 0 Å². The Bertz CT molecular complexity index is 344. The third-order valence-corrected chi connectivity index (χ3v) is 2.80. The zero-order valence-corrected chi connectivity index (χ0v) is 8.39. The maximum atomic E-state index is 11.5. The van der Waals surface area contributed by atoms with Crippen LogP contribution >= 0.6 is 15.9 Å². The van der Waals surface area contributed by atoms with E-state index in [9.17, 15) is 4.79 Å². The molecule has 0 bridgehead atoms. The van der Waals surface area contributed by atoms with Gasteiger partial charge in [-0.05, 0) is 24.1 Å². The van der Waals surface area contributed by atoms with Crippen LogP contribution in [0.4, 0.5) is 0 Å². The van der Waals surface area contributed by atoms with E-state index in [1.807, 2.05) is 25.1 Å². The first kappa shape index (κ1) is 7.99. The van der Waals surface area contributed by atoms with Crippen molar-refractivity contribution in [2.24, 2.45) is 5.92 Å². The molecule has 2 rings (SSSR count). The summed E-state index contributed by atoms with van der Waals surface area (Å²) in [7, 11) is 0. The number of hydrogen-bond acceptors (Lipinski definition) is 1. The zero-order valence-electron chi connectivity index (χ0n) is 6.80. The second kappa shape index (κ2) is 2.70. The van der Waals surface area contributed by atoms with Crippen molar-refractivity contribution in [3.8, 4) is 0 Å². The molecular weight excluding hydrogens is 216 g/mol. The van der Waals surface area contributed by atoms with Gasteiger partial charge in [-0.3, -0.25) is 4.79 Å². The Morgan fingerprint density at radius 1 is 1.50 bits per heavy atom. The third kappa shape index (κ3) is 1.11. The van der Waals surface area contributed by atoms with E-state index in [0.29, 0.717) is 0 Å². The van der Waals surface area contributed by atoms with Crippen molar-refractivity contribution < 1.29 is 4.79 Å². The predicted octanol–water partition coefficient (Wildman–Crippen LogP) is 2.82. The summed E-state index contributed by atoms with van der Waals surface area (Å²) in [6.45, 7) is 1.98. The number of benzene rings is 1. The van der Waals surface area contributed by atoms with Gasteiger partial charge in [-0.2, -0.15) is 0 Å². The van der Waals surface area contributed by atoms with Crippen molar-refractivity contribution in [3.05, 3.63) is 33.8 Å². The molecule has 0 unspecified atom stereocenters. The van der Waals surface area contributed by atoms with Crippen molar-refractivity contribution in [1.29, 1.82) is 0 Å². The van der Waals surface area contributed by atoms with Gasteiger partial charge in [0.25, 0.3) is 0 Å². The van der Waals surface area contributed by atoms with Crippen LogP contribution in [0.3, 0.4) is 0 Å². The predicted molar refractivity (Wildman–Crippen MR) is 51.3 cm³/mol. The molecule has 0 aliphatic heterocycles. The van der Waals surface area contributed by atoms with Gasteiger partial charge < -0.3 is 0 Å². The fraction of sp³-hybridized carbons (Fsp3) is 0.300. The maximum absolute atomic E-state index is 11.5. The van der Waals surface area contributed by atoms with Crippen molar-refractivity contribution in [2.45, 2.75) is 13.3 Å². The minimum atomic E-state index is 0.175. The Labute approximate surface area is 79.9 Å². The Morgan fingerprint density at radius 2 is 2.25 bits per heavy atom. The second-order valence-corrected chi connectivity index (χ2v) is 4.19. The SMILES string of the molecule is C[C@@H]1Cc2ccc(Br)cc2C1=O. The molecule has 0 radical (unpaired) electrons. The van der Waals surface area contributed by atoms with Gasteiger partial charge in [0.15, 0.2) is 5.78 Å². The summed E-state index contributed by atoms with van der Waals surface area (Å²) in [6, 6.07) is 5.94. The number of Topliss-reactive ketones (excluding diaryl/α,β-unsaturated/α-hetero) is 1. The fourth-order valence-electron chi connectivity index (χ4n) is 1.64. The quantitative estimate of drug-likeness (QED) is 0.663. The largest absolute Gasteiger partial charge is 0.294 e. The molecule has 0 heterocycles. The Kier molecular flexibility index (Phi) is 1.80. The first-order valence-corrected chi connectivity index (χ1v) is 4.80. The van der Waals surface area contributed by atoms with E-state index in [4.69, 9.17) is 0 Å². The van der Waals surface area contributed by atoms with E-state index < -0.39 is 0 Å². The van der Waals surface area contributed by atoms with Gasteiger partial charge in [0.1, 0.15) is 0 Å². The number of hydrogen-bond donors (Lipinski definition) is 0. The third-order valence-electron chi connectivity index (χ3n) is 2.31. The maximum Gasteiger partial charge on any atom is 0.166 e. The fourth-order valence-corrected chi connectivity index (χ4v) is 2.01. The molecule has 0 saturated carbocycles. The number of ketones is 1. The van der Waals surface area contributed by atoms with Gasteiger partial charge in [0.05, 0.1) is 0 Å². The highest BCUT2D eigenvalue weighted by Gasteiger charge is 2.26. The van der Waals surface area contributed by atoms with E-state index in [0.717, 1.165) is 16.5 Å². The molecule has 0 N–H and O–H groups in total. The Morgan fingerprint density at radius 3 is 3.00 bits per heavy atom. The summed E-state index contributed by atoms with van der Waals surface area (Å²) < 4.78 is 0.990. The number of carbonyl (C=O) groups excluding carboxylic acids is 1. The smallest absolute Gasteiger partial charge is 0.166 e. The molecule has 1 aromatic rings. The minimum absolute atomic E-state index is 0.175. The van der Waals surface area contributed by atoms with Gasteiger partial charge in [-0.1, -0.05) is 28.9 Å². The monoisotopic (exact) mass is 224 g/mol. The molecule has 1 aliphatic rings. The van der Waals surface area contributed by atoms with Crippen LogP contribution in [-0.2, 0) is 6.42 Å². The van der Waals surface area contributed by atoms with Crippen LogP contribution in [0.25, 0.3) is 0 Å². The Hall–Kier alpha value is -0.630. The number of rotatable bonds is 0. The van der Waals surface area contributed by atoms with Crippen LogP contribution < -0.4 is 0 Å². The molecule has 0 amide bonds. The minimum Gasteiger partial charge on any atom is -0.294 e. The van der Waals surface area contributed by atoms with Crippen LogP contribution in [0.1, 0.15) is 22.8 Å². The van der Waals surface area contributed by atoms with E-state index in [1.54, 1.807) is 0 Å². The first-order valence-electron chi connectivity index (χ1n) is 4.01. The lowest BCUT2D eigenvalue weighted by atomic mass is 10.1. The van der Waals surface area contributed by atoms with E-state index in [-0.39, 0.29) is 11.7 Å². The average Bonchev–Trinajstić information content (AvgIpc) is 2.31.